The molecule has 0 aliphatic heterocycles. The number of rotatable bonds is 2. The van der Waals surface area contributed by atoms with Gasteiger partial charge in [0.25, 0.3) is 0 Å². The standard InChI is InChI=1S/C27H25N3O/c1-25(2)26(3)15-16-27(25,23-22(26)28-20-12-6-7-13-21(20)29-23)24(31)30-19-14-8-10-17-9-4-5-11-18(17)19/h4-14H,15-16H2,1-3H3,(H,30,31)/t26-,27+/m0/s1. The van der Waals surface area contributed by atoms with Crippen molar-refractivity contribution < 1.29 is 4.79 Å². The maximum Gasteiger partial charge on any atom is 0.237 e. The largest absolute Gasteiger partial charge is 0.325 e. The lowest BCUT2D eigenvalue weighted by Gasteiger charge is -2.39. The maximum atomic E-state index is 14.1. The van der Waals surface area contributed by atoms with Crippen LogP contribution in [0.4, 0.5) is 5.69 Å². The number of para-hydroxylation sites is 2. The number of benzene rings is 3. The highest BCUT2D eigenvalue weighted by Gasteiger charge is 2.73. The highest BCUT2D eigenvalue weighted by Crippen LogP contribution is 2.70. The first-order valence-electron chi connectivity index (χ1n) is 11.0. The van der Waals surface area contributed by atoms with Crippen molar-refractivity contribution in [2.75, 3.05) is 5.32 Å². The van der Waals surface area contributed by atoms with E-state index in [1.165, 1.54) is 0 Å². The van der Waals surface area contributed by atoms with Gasteiger partial charge in [-0.1, -0.05) is 69.3 Å². The molecule has 2 atom stereocenters. The Bertz CT molecular complexity index is 1390. The van der Waals surface area contributed by atoms with Crippen molar-refractivity contribution in [3.63, 3.8) is 0 Å². The number of fused-ring (bicyclic) bond motifs is 7. The summed E-state index contributed by atoms with van der Waals surface area (Å²) in [5.41, 5.74) is 3.28. The first-order valence-corrected chi connectivity index (χ1v) is 11.0. The van der Waals surface area contributed by atoms with Gasteiger partial charge >= 0.3 is 0 Å². The summed E-state index contributed by atoms with van der Waals surface area (Å²) < 4.78 is 0. The number of nitrogens with one attached hydrogen (secondary N) is 1. The van der Waals surface area contributed by atoms with Gasteiger partial charge in [0.15, 0.2) is 0 Å². The van der Waals surface area contributed by atoms with E-state index in [4.69, 9.17) is 9.97 Å². The Morgan fingerprint density at radius 2 is 1.45 bits per heavy atom. The van der Waals surface area contributed by atoms with Gasteiger partial charge in [-0.15, -0.1) is 0 Å². The molecule has 1 fully saturated rings. The molecule has 4 aromatic rings. The Morgan fingerprint density at radius 3 is 2.23 bits per heavy atom. The first kappa shape index (κ1) is 18.5. The number of aromatic nitrogens is 2. The van der Waals surface area contributed by atoms with Crippen molar-refractivity contribution >= 4 is 33.4 Å². The summed E-state index contributed by atoms with van der Waals surface area (Å²) in [6, 6.07) is 22.2. The number of carbonyl (C=O) groups excluding carboxylic acids is 1. The summed E-state index contributed by atoms with van der Waals surface area (Å²) in [4.78, 5) is 24.2. The molecule has 2 aliphatic rings. The van der Waals surface area contributed by atoms with Crippen molar-refractivity contribution in [3.8, 4) is 0 Å². The fourth-order valence-electron chi connectivity index (χ4n) is 6.11. The van der Waals surface area contributed by atoms with Crippen LogP contribution in [0.15, 0.2) is 66.7 Å². The van der Waals surface area contributed by atoms with Crippen LogP contribution in [0.3, 0.4) is 0 Å². The van der Waals surface area contributed by atoms with Crippen LogP contribution in [0.2, 0.25) is 0 Å². The Balaban J connectivity index is 1.54. The molecule has 6 rings (SSSR count). The van der Waals surface area contributed by atoms with Crippen molar-refractivity contribution in [2.45, 2.75) is 44.4 Å². The van der Waals surface area contributed by atoms with Crippen LogP contribution in [0.25, 0.3) is 21.8 Å². The Hall–Kier alpha value is -3.27. The normalized spacial score (nSPS) is 25.6. The average Bonchev–Trinajstić information content (AvgIpc) is 3.08. The van der Waals surface area contributed by atoms with Crippen LogP contribution >= 0.6 is 0 Å². The predicted molar refractivity (Wildman–Crippen MR) is 124 cm³/mol. The lowest BCUT2D eigenvalue weighted by atomic mass is 9.63. The third kappa shape index (κ3) is 2.12. The summed E-state index contributed by atoms with van der Waals surface area (Å²) >= 11 is 0. The van der Waals surface area contributed by atoms with E-state index >= 15 is 0 Å². The number of hydrogen-bond acceptors (Lipinski definition) is 3. The molecule has 1 heterocycles. The molecule has 154 valence electrons. The van der Waals surface area contributed by atoms with Crippen LogP contribution < -0.4 is 5.32 Å². The lowest BCUT2D eigenvalue weighted by molar-refractivity contribution is -0.125. The van der Waals surface area contributed by atoms with Gasteiger partial charge < -0.3 is 5.32 Å². The summed E-state index contributed by atoms with van der Waals surface area (Å²) in [5.74, 6) is 0.0286. The minimum atomic E-state index is -0.703. The Kier molecular flexibility index (Phi) is 3.52. The van der Waals surface area contributed by atoms with Crippen LogP contribution in [-0.2, 0) is 15.6 Å². The van der Waals surface area contributed by atoms with Crippen molar-refractivity contribution in [2.24, 2.45) is 5.41 Å². The van der Waals surface area contributed by atoms with E-state index in [-0.39, 0.29) is 16.7 Å². The van der Waals surface area contributed by atoms with Crippen molar-refractivity contribution in [1.82, 2.24) is 9.97 Å². The summed E-state index contributed by atoms with van der Waals surface area (Å²) in [5, 5.41) is 5.47. The second kappa shape index (κ2) is 5.91. The van der Waals surface area contributed by atoms with E-state index in [1.807, 2.05) is 48.5 Å². The lowest BCUT2D eigenvalue weighted by Crippen LogP contribution is -2.48. The zero-order valence-corrected chi connectivity index (χ0v) is 18.1. The first-order chi connectivity index (χ1) is 14.9. The maximum absolute atomic E-state index is 14.1. The van der Waals surface area contributed by atoms with Gasteiger partial charge in [0.1, 0.15) is 0 Å². The molecule has 1 N–H and O–H groups in total. The van der Waals surface area contributed by atoms with E-state index in [0.717, 1.165) is 51.7 Å². The molecule has 31 heavy (non-hydrogen) atoms. The van der Waals surface area contributed by atoms with E-state index < -0.39 is 5.41 Å². The molecule has 1 aromatic heterocycles. The van der Waals surface area contributed by atoms with Crippen LogP contribution in [0.1, 0.15) is 45.0 Å². The third-order valence-corrected chi connectivity index (χ3v) is 8.37. The average molecular weight is 408 g/mol. The van der Waals surface area contributed by atoms with Gasteiger partial charge in [-0.3, -0.25) is 4.79 Å². The summed E-state index contributed by atoms with van der Waals surface area (Å²) in [7, 11) is 0. The van der Waals surface area contributed by atoms with Gasteiger partial charge in [0.2, 0.25) is 5.91 Å². The Morgan fingerprint density at radius 1 is 0.806 bits per heavy atom. The predicted octanol–water partition coefficient (Wildman–Crippen LogP) is 5.75. The molecule has 2 aliphatic carbocycles. The molecule has 0 radical (unpaired) electrons. The second-order valence-corrected chi connectivity index (χ2v) is 9.75. The highest BCUT2D eigenvalue weighted by atomic mass is 16.2. The third-order valence-electron chi connectivity index (χ3n) is 8.37. The molecule has 1 amide bonds. The van der Waals surface area contributed by atoms with E-state index in [1.54, 1.807) is 0 Å². The van der Waals surface area contributed by atoms with E-state index in [0.29, 0.717) is 0 Å². The molecular formula is C27H25N3O. The highest BCUT2D eigenvalue weighted by molar-refractivity contribution is 6.07. The topological polar surface area (TPSA) is 54.9 Å². The quantitative estimate of drug-likeness (QED) is 0.460. The minimum absolute atomic E-state index is 0.0286. The van der Waals surface area contributed by atoms with Crippen LogP contribution in [-0.4, -0.2) is 15.9 Å². The molecule has 0 unspecified atom stereocenters. The number of nitrogens with zero attached hydrogens (tertiary/aromatic N) is 2. The van der Waals surface area contributed by atoms with E-state index in [9.17, 15) is 4.79 Å². The van der Waals surface area contributed by atoms with Gasteiger partial charge in [-0.2, -0.15) is 0 Å². The van der Waals surface area contributed by atoms with Crippen molar-refractivity contribution in [3.05, 3.63) is 78.1 Å². The number of carbonyl (C=O) groups is 1. The van der Waals surface area contributed by atoms with Crippen LogP contribution in [0.5, 0.6) is 0 Å². The molecule has 4 nitrogen and oxygen atoms in total. The molecule has 2 bridgehead atoms. The number of anilines is 1. The van der Waals surface area contributed by atoms with Crippen molar-refractivity contribution in [1.29, 1.82) is 0 Å². The van der Waals surface area contributed by atoms with Gasteiger partial charge in [0, 0.05) is 16.5 Å². The van der Waals surface area contributed by atoms with Gasteiger partial charge in [-0.05, 0) is 41.8 Å². The fourth-order valence-corrected chi connectivity index (χ4v) is 6.11. The number of amides is 1. The van der Waals surface area contributed by atoms with E-state index in [2.05, 4.69) is 44.3 Å². The molecule has 0 spiro atoms. The summed E-state index contributed by atoms with van der Waals surface area (Å²) in [6.07, 6.45) is 1.72. The zero-order valence-electron chi connectivity index (χ0n) is 18.1. The Labute approximate surface area is 181 Å². The SMILES string of the molecule is CC1(C)[C@@]2(C)CC[C@]1(C(=O)Nc1cccc3ccccc13)c1nc3ccccc3nc12. The second-order valence-electron chi connectivity index (χ2n) is 9.75. The molecule has 4 heteroatoms. The smallest absolute Gasteiger partial charge is 0.237 e. The molecule has 0 saturated heterocycles. The fraction of sp³-hybridized carbons (Fsp3) is 0.296. The van der Waals surface area contributed by atoms with Gasteiger partial charge in [-0.25, -0.2) is 9.97 Å². The monoisotopic (exact) mass is 407 g/mol. The minimum Gasteiger partial charge on any atom is -0.325 e. The molecule has 3 aromatic carbocycles. The zero-order chi connectivity index (χ0) is 21.4. The number of hydrogen-bond donors (Lipinski definition) is 1. The molecule has 1 saturated carbocycles. The molecular weight excluding hydrogens is 382 g/mol. The van der Waals surface area contributed by atoms with Crippen LogP contribution in [0, 0.1) is 5.41 Å². The summed E-state index contributed by atoms with van der Waals surface area (Å²) in [6.45, 7) is 6.70. The van der Waals surface area contributed by atoms with Gasteiger partial charge in [0.05, 0.1) is 27.8 Å².